The van der Waals surface area contributed by atoms with Crippen LogP contribution in [0.5, 0.6) is 0 Å². The van der Waals surface area contributed by atoms with Gasteiger partial charge in [-0.3, -0.25) is 0 Å². The standard InChI is InChI=1S/2H3O4P/c2*1-5(2,3)4/h2*(H3,1,2,3,4)/p-4. The molecule has 0 saturated heterocycles. The first-order valence-electron chi connectivity index (χ1n) is 1.46. The number of hydrogen-bond donors (Lipinski definition) is 0. The third-order valence-corrected chi connectivity index (χ3v) is 0. The zero-order valence-corrected chi connectivity index (χ0v) is 5.95. The Morgan fingerprint density at radius 3 is 0.700 bits per heavy atom. The highest BCUT2D eigenvalue weighted by atomic mass is 31.2. The van der Waals surface area contributed by atoms with Crippen molar-refractivity contribution in [2.75, 3.05) is 0 Å². The van der Waals surface area contributed by atoms with E-state index in [0.717, 1.165) is 0 Å². The quantitative estimate of drug-likeness (QED) is 0.341. The summed E-state index contributed by atoms with van der Waals surface area (Å²) in [7, 11) is -10.8. The fraction of sp³-hybridized carbons (Fsp3) is 0. The third-order valence-electron chi connectivity index (χ3n) is 0. The highest BCUT2D eigenvalue weighted by Gasteiger charge is 1.45. The highest BCUT2D eigenvalue weighted by Crippen LogP contribution is 2.03. The predicted molar refractivity (Wildman–Crippen MR) is 17.4 cm³/mol. The van der Waals surface area contributed by atoms with Crippen molar-refractivity contribution in [2.45, 2.75) is 0 Å². The van der Waals surface area contributed by atoms with Gasteiger partial charge in [-0.1, -0.05) is 0 Å². The van der Waals surface area contributed by atoms with Crippen LogP contribution in [0.4, 0.5) is 0 Å². The summed E-state index contributed by atoms with van der Waals surface area (Å²) in [5, 5.41) is 0. The van der Waals surface area contributed by atoms with Gasteiger partial charge in [0.15, 0.2) is 0 Å². The van der Waals surface area contributed by atoms with Crippen LogP contribution in [0.1, 0.15) is 2.85 Å². The number of rotatable bonds is 0. The Kier molecular flexibility index (Phi) is 5.36. The summed E-state index contributed by atoms with van der Waals surface area (Å²) in [5.41, 5.74) is 0. The molecule has 0 amide bonds. The van der Waals surface area contributed by atoms with Crippen molar-refractivity contribution < 1.29 is 41.3 Å². The van der Waals surface area contributed by atoms with Gasteiger partial charge < -0.3 is 38.5 Å². The van der Waals surface area contributed by atoms with Crippen molar-refractivity contribution in [1.82, 2.24) is 0 Å². The molecule has 0 spiro atoms. The lowest BCUT2D eigenvalue weighted by atomic mass is 15.8. The molecule has 0 aliphatic carbocycles. The van der Waals surface area contributed by atoms with Crippen LogP contribution in [0.3, 0.4) is 0 Å². The molecule has 10 heteroatoms. The Balaban J connectivity index is -0.0000000457. The molecule has 0 aliphatic rings. The molecular weight excluding hydrogens is 190 g/mol. The number of hydrogen-bond acceptors (Lipinski definition) is 8. The van der Waals surface area contributed by atoms with Gasteiger partial charge in [-0.15, -0.1) is 0 Å². The summed E-state index contributed by atoms with van der Waals surface area (Å²) in [6.45, 7) is 0. The average molecular weight is 192 g/mol. The molecule has 0 aromatic rings. The monoisotopic (exact) mass is 192 g/mol. The predicted octanol–water partition coefficient (Wildman–Crippen LogP) is -5.42. The van der Waals surface area contributed by atoms with Crippen molar-refractivity contribution in [3.8, 4) is 0 Å². The zero-order chi connectivity index (χ0) is 9.00. The van der Waals surface area contributed by atoms with Gasteiger partial charge >= 0.3 is 2.85 Å². The molecule has 8 nitrogen and oxygen atoms in total. The van der Waals surface area contributed by atoms with Crippen LogP contribution in [0, 0.1) is 0 Å². The zero-order valence-electron chi connectivity index (χ0n) is 6.16. The molecular formula is H2O8P2-4. The summed E-state index contributed by atoms with van der Waals surface area (Å²) in [6.07, 6.45) is 0. The lowest BCUT2D eigenvalue weighted by Gasteiger charge is -2.36. The fourth-order valence-corrected chi connectivity index (χ4v) is 0. The maximum atomic E-state index is 8.55. The average Bonchev–Trinajstić information content (AvgIpc) is 1.12. The van der Waals surface area contributed by atoms with Gasteiger partial charge in [0.05, 0.1) is 0 Å². The Bertz CT molecular complexity index is 127. The Hall–Kier alpha value is 0.220. The van der Waals surface area contributed by atoms with Crippen molar-refractivity contribution in [1.29, 1.82) is 0 Å². The molecule has 0 heterocycles. The van der Waals surface area contributed by atoms with E-state index in [2.05, 4.69) is 0 Å². The summed E-state index contributed by atoms with van der Waals surface area (Å²) < 4.78 is 17.1. The van der Waals surface area contributed by atoms with E-state index >= 15 is 0 Å². The van der Waals surface area contributed by atoms with E-state index in [-0.39, 0.29) is 2.85 Å². The van der Waals surface area contributed by atoms with E-state index in [4.69, 9.17) is 38.5 Å². The maximum absolute atomic E-state index is 8.55. The molecule has 0 atom stereocenters. The first-order chi connectivity index (χ1) is 4.00. The van der Waals surface area contributed by atoms with Crippen LogP contribution < -0.4 is 29.4 Å². The second-order valence-corrected chi connectivity index (χ2v) is 2.68. The largest absolute Gasteiger partial charge is 1.00 e. The molecule has 0 aromatic carbocycles. The molecule has 0 aliphatic heterocycles. The summed E-state index contributed by atoms with van der Waals surface area (Å²) in [6, 6.07) is 0. The maximum Gasteiger partial charge on any atom is 1.00 e. The lowest BCUT2D eigenvalue weighted by Crippen LogP contribution is -2.24. The highest BCUT2D eigenvalue weighted by molar-refractivity contribution is 7.40. The second kappa shape index (κ2) is 4.17. The second-order valence-electron chi connectivity index (χ2n) is 0.894. The fourth-order valence-electron chi connectivity index (χ4n) is 0. The van der Waals surface area contributed by atoms with Crippen LogP contribution in [0.2, 0.25) is 0 Å². The van der Waals surface area contributed by atoms with Crippen molar-refractivity contribution >= 4 is 15.6 Å². The summed E-state index contributed by atoms with van der Waals surface area (Å²) in [5.74, 6) is 0. The van der Waals surface area contributed by atoms with Crippen LogP contribution >= 0.6 is 15.6 Å². The molecule has 10 heavy (non-hydrogen) atoms. The van der Waals surface area contributed by atoms with E-state index in [1.807, 2.05) is 0 Å². The molecule has 0 N–H and O–H groups in total. The minimum Gasteiger partial charge on any atom is -0.822 e. The van der Waals surface area contributed by atoms with Gasteiger partial charge in [0.25, 0.3) is 0 Å². The Morgan fingerprint density at radius 2 is 0.700 bits per heavy atom. The minimum absolute atomic E-state index is 0. The van der Waals surface area contributed by atoms with Gasteiger partial charge in [0.1, 0.15) is 0 Å². The molecule has 0 rings (SSSR count). The van der Waals surface area contributed by atoms with Crippen LogP contribution in [0.15, 0.2) is 0 Å². The topological polar surface area (TPSA) is 172 Å². The normalized spacial score (nSPS) is 11.8. The number of phosphoric acid groups is 2. The van der Waals surface area contributed by atoms with E-state index in [1.165, 1.54) is 0 Å². The van der Waals surface area contributed by atoms with Gasteiger partial charge in [-0.05, 0) is 0 Å². The minimum atomic E-state index is -5.39. The van der Waals surface area contributed by atoms with E-state index in [9.17, 15) is 0 Å². The van der Waals surface area contributed by atoms with Gasteiger partial charge in [-0.25, -0.2) is 0 Å². The van der Waals surface area contributed by atoms with Gasteiger partial charge in [0.2, 0.25) is 0 Å². The lowest BCUT2D eigenvalue weighted by molar-refractivity contribution is -0.434. The first kappa shape index (κ1) is 12.9. The summed E-state index contributed by atoms with van der Waals surface area (Å²) in [4.78, 5) is 51.3. The van der Waals surface area contributed by atoms with Gasteiger partial charge in [-0.2, -0.15) is 15.6 Å². The van der Waals surface area contributed by atoms with E-state index < -0.39 is 15.6 Å². The van der Waals surface area contributed by atoms with Crippen molar-refractivity contribution in [3.63, 3.8) is 0 Å². The SMILES string of the molecule is O=P([O-])([O-])[O-].O=P([O-])([O-])[O-].[H+].[H+]. The van der Waals surface area contributed by atoms with E-state index in [0.29, 0.717) is 0 Å². The smallest absolute Gasteiger partial charge is 0.822 e. The molecule has 0 unspecified atom stereocenters. The molecule has 64 valence electrons. The molecule has 0 fully saturated rings. The molecule has 0 aromatic heterocycles. The summed E-state index contributed by atoms with van der Waals surface area (Å²) >= 11 is 0. The third kappa shape index (κ3) is 8850. The molecule has 0 bridgehead atoms. The first-order valence-corrected chi connectivity index (χ1v) is 4.38. The van der Waals surface area contributed by atoms with Crippen LogP contribution in [-0.4, -0.2) is 0 Å². The Morgan fingerprint density at radius 1 is 0.700 bits per heavy atom. The van der Waals surface area contributed by atoms with E-state index in [1.54, 1.807) is 0 Å². The Labute approximate surface area is 58.2 Å². The van der Waals surface area contributed by atoms with Crippen molar-refractivity contribution in [3.05, 3.63) is 0 Å². The van der Waals surface area contributed by atoms with Crippen molar-refractivity contribution in [2.24, 2.45) is 0 Å². The van der Waals surface area contributed by atoms with Crippen LogP contribution in [0.25, 0.3) is 0 Å². The van der Waals surface area contributed by atoms with Gasteiger partial charge in [0, 0.05) is 0 Å². The molecule has 0 saturated carbocycles. The van der Waals surface area contributed by atoms with Crippen LogP contribution in [-0.2, 0) is 9.13 Å². The molecule has 0 radical (unpaired) electrons.